The fourth-order valence-corrected chi connectivity index (χ4v) is 6.18. The maximum Gasteiger partial charge on any atom is 0.311 e. The maximum atomic E-state index is 12.5. The van der Waals surface area contributed by atoms with Gasteiger partial charge in [0.15, 0.2) is 11.5 Å². The Balaban J connectivity index is 1.54. The number of hydrogen-bond donors (Lipinski definition) is 2. The number of aliphatic hydroxyl groups excluding tert-OH is 1. The molecule has 5 rings (SSSR count). The summed E-state index contributed by atoms with van der Waals surface area (Å²) < 4.78 is 16.1. The SMILES string of the molecule is COC(=O)[C@H]1[C@@H]2C[C@H]3c4[nH]c5cc(OC)c(OC)cc5c4CCN3C[C@H]2CC[C@H]1O. The summed E-state index contributed by atoms with van der Waals surface area (Å²) in [6, 6.07) is 4.29. The lowest BCUT2D eigenvalue weighted by Crippen LogP contribution is -2.53. The molecule has 2 N–H and O–H groups in total. The van der Waals surface area contributed by atoms with E-state index in [1.165, 1.54) is 23.8 Å². The van der Waals surface area contributed by atoms with Crippen molar-refractivity contribution >= 4 is 16.9 Å². The number of methoxy groups -OCH3 is 3. The van der Waals surface area contributed by atoms with E-state index >= 15 is 0 Å². The monoisotopic (exact) mass is 414 g/mol. The van der Waals surface area contributed by atoms with Gasteiger partial charge in [-0.3, -0.25) is 9.69 Å². The zero-order chi connectivity index (χ0) is 21.0. The fourth-order valence-electron chi connectivity index (χ4n) is 6.18. The molecule has 1 aromatic carbocycles. The second kappa shape index (κ2) is 7.46. The van der Waals surface area contributed by atoms with E-state index < -0.39 is 12.0 Å². The molecule has 162 valence electrons. The third kappa shape index (κ3) is 2.90. The van der Waals surface area contributed by atoms with Crippen molar-refractivity contribution in [1.29, 1.82) is 0 Å². The van der Waals surface area contributed by atoms with Gasteiger partial charge in [-0.15, -0.1) is 0 Å². The Morgan fingerprint density at radius 2 is 1.93 bits per heavy atom. The highest BCUT2D eigenvalue weighted by Crippen LogP contribution is 2.50. The van der Waals surface area contributed by atoms with Crippen LogP contribution in [0.3, 0.4) is 0 Å². The second-order valence-corrected chi connectivity index (χ2v) is 8.88. The highest BCUT2D eigenvalue weighted by Gasteiger charge is 2.49. The van der Waals surface area contributed by atoms with Crippen molar-refractivity contribution in [1.82, 2.24) is 9.88 Å². The van der Waals surface area contributed by atoms with Crippen LogP contribution < -0.4 is 9.47 Å². The average Bonchev–Trinajstić information content (AvgIpc) is 3.14. The quantitative estimate of drug-likeness (QED) is 0.752. The molecule has 0 amide bonds. The van der Waals surface area contributed by atoms with Crippen LogP contribution in [0, 0.1) is 17.8 Å². The molecule has 3 heterocycles. The molecule has 0 bridgehead atoms. The van der Waals surface area contributed by atoms with Crippen LogP contribution in [0.5, 0.6) is 11.5 Å². The number of aromatic amines is 1. The van der Waals surface area contributed by atoms with Gasteiger partial charge in [0.1, 0.15) is 0 Å². The fraction of sp³-hybridized carbons (Fsp3) is 0.609. The molecule has 2 aliphatic heterocycles. The Morgan fingerprint density at radius 3 is 2.67 bits per heavy atom. The third-order valence-corrected chi connectivity index (χ3v) is 7.62. The third-order valence-electron chi connectivity index (χ3n) is 7.62. The molecular weight excluding hydrogens is 384 g/mol. The second-order valence-electron chi connectivity index (χ2n) is 8.88. The minimum atomic E-state index is -0.607. The first-order chi connectivity index (χ1) is 14.5. The van der Waals surface area contributed by atoms with Gasteiger partial charge in [-0.1, -0.05) is 0 Å². The van der Waals surface area contributed by atoms with Crippen LogP contribution in [0.1, 0.15) is 36.6 Å². The van der Waals surface area contributed by atoms with Gasteiger partial charge in [-0.2, -0.15) is 0 Å². The topological polar surface area (TPSA) is 84.0 Å². The van der Waals surface area contributed by atoms with Gasteiger partial charge in [-0.25, -0.2) is 0 Å². The number of rotatable bonds is 3. The average molecular weight is 415 g/mol. The minimum absolute atomic E-state index is 0.142. The van der Waals surface area contributed by atoms with Crippen LogP contribution in [0.25, 0.3) is 10.9 Å². The molecule has 1 saturated heterocycles. The number of ether oxygens (including phenoxy) is 3. The van der Waals surface area contributed by atoms with E-state index in [1.807, 2.05) is 6.07 Å². The molecule has 7 nitrogen and oxygen atoms in total. The van der Waals surface area contributed by atoms with E-state index in [0.717, 1.165) is 43.6 Å². The van der Waals surface area contributed by atoms with Gasteiger partial charge in [0, 0.05) is 35.8 Å². The van der Waals surface area contributed by atoms with Gasteiger partial charge in [0.2, 0.25) is 0 Å². The Hall–Kier alpha value is -2.25. The van der Waals surface area contributed by atoms with Crippen molar-refractivity contribution in [3.8, 4) is 11.5 Å². The number of piperidine rings is 1. The van der Waals surface area contributed by atoms with Crippen molar-refractivity contribution in [3.63, 3.8) is 0 Å². The highest BCUT2D eigenvalue weighted by molar-refractivity contribution is 5.88. The summed E-state index contributed by atoms with van der Waals surface area (Å²) in [4.78, 5) is 18.7. The van der Waals surface area contributed by atoms with Crippen molar-refractivity contribution in [3.05, 3.63) is 23.4 Å². The Morgan fingerprint density at radius 1 is 1.17 bits per heavy atom. The lowest BCUT2D eigenvalue weighted by Gasteiger charge is -2.50. The molecule has 7 heteroatoms. The lowest BCUT2D eigenvalue weighted by atomic mass is 9.65. The Labute approximate surface area is 176 Å². The van der Waals surface area contributed by atoms with Crippen LogP contribution in [0.2, 0.25) is 0 Å². The molecule has 0 unspecified atom stereocenters. The van der Waals surface area contributed by atoms with Crippen LogP contribution in [-0.4, -0.2) is 61.5 Å². The summed E-state index contributed by atoms with van der Waals surface area (Å²) in [7, 11) is 4.73. The smallest absolute Gasteiger partial charge is 0.311 e. The molecule has 5 atom stereocenters. The maximum absolute atomic E-state index is 12.5. The molecule has 1 saturated carbocycles. The number of aromatic nitrogens is 1. The van der Waals surface area contributed by atoms with Gasteiger partial charge < -0.3 is 24.3 Å². The molecule has 1 aromatic heterocycles. The normalized spacial score (nSPS) is 30.9. The molecule has 2 fully saturated rings. The number of aliphatic hydroxyl groups is 1. The van der Waals surface area contributed by atoms with Crippen LogP contribution in [0.15, 0.2) is 12.1 Å². The van der Waals surface area contributed by atoms with Gasteiger partial charge >= 0.3 is 5.97 Å². The zero-order valence-electron chi connectivity index (χ0n) is 17.8. The van der Waals surface area contributed by atoms with E-state index in [9.17, 15) is 9.90 Å². The predicted molar refractivity (Wildman–Crippen MR) is 112 cm³/mol. The van der Waals surface area contributed by atoms with Crippen LogP contribution in [-0.2, 0) is 16.0 Å². The highest BCUT2D eigenvalue weighted by atomic mass is 16.5. The van der Waals surface area contributed by atoms with Crippen LogP contribution in [0.4, 0.5) is 0 Å². The number of esters is 1. The summed E-state index contributed by atoms with van der Waals surface area (Å²) in [5.74, 6) is 1.33. The number of benzene rings is 1. The lowest BCUT2D eigenvalue weighted by molar-refractivity contribution is -0.160. The van der Waals surface area contributed by atoms with Crippen molar-refractivity contribution in [2.75, 3.05) is 34.4 Å². The summed E-state index contributed by atoms with van der Waals surface area (Å²) in [6.45, 7) is 1.98. The molecule has 0 radical (unpaired) electrons. The summed E-state index contributed by atoms with van der Waals surface area (Å²) >= 11 is 0. The first-order valence-corrected chi connectivity index (χ1v) is 10.8. The van der Waals surface area contributed by atoms with Gasteiger partial charge in [-0.05, 0) is 49.1 Å². The molecule has 0 spiro atoms. The van der Waals surface area contributed by atoms with Crippen molar-refractivity contribution in [2.24, 2.45) is 17.8 Å². The first kappa shape index (κ1) is 19.7. The Bertz CT molecular complexity index is 970. The standard InChI is InChI=1S/C23H30N2O5/c1-28-19-9-15-13-6-7-25-11-12-4-5-18(26)21(23(27)30-3)14(12)8-17(25)22(13)24-16(15)10-20(19)29-2/h9-10,12,14,17-18,21,24,26H,4-8,11H2,1-3H3/t12-,14-,17+,18-,21+/m1/s1. The molecular formula is C23H30N2O5. The summed E-state index contributed by atoms with van der Waals surface area (Å²) in [5.41, 5.74) is 3.61. The Kier molecular flexibility index (Phi) is 4.90. The minimum Gasteiger partial charge on any atom is -0.493 e. The first-order valence-electron chi connectivity index (χ1n) is 10.8. The molecule has 30 heavy (non-hydrogen) atoms. The number of nitrogens with zero attached hydrogens (tertiary/aromatic N) is 1. The number of carbonyl (C=O) groups excluding carboxylic acids is 1. The number of carbonyl (C=O) groups is 1. The van der Waals surface area contributed by atoms with Gasteiger partial charge in [0.05, 0.1) is 39.4 Å². The van der Waals surface area contributed by atoms with E-state index in [0.29, 0.717) is 18.1 Å². The van der Waals surface area contributed by atoms with E-state index in [1.54, 1.807) is 14.2 Å². The number of fused-ring (bicyclic) bond motifs is 6. The number of H-pyrrole nitrogens is 1. The van der Waals surface area contributed by atoms with E-state index in [2.05, 4.69) is 16.0 Å². The van der Waals surface area contributed by atoms with Gasteiger partial charge in [0.25, 0.3) is 0 Å². The van der Waals surface area contributed by atoms with Crippen molar-refractivity contribution in [2.45, 2.75) is 37.8 Å². The summed E-state index contributed by atoms with van der Waals surface area (Å²) in [5, 5.41) is 11.8. The molecule has 1 aliphatic carbocycles. The van der Waals surface area contributed by atoms with E-state index in [4.69, 9.17) is 14.2 Å². The van der Waals surface area contributed by atoms with E-state index in [-0.39, 0.29) is 17.9 Å². The number of nitrogens with one attached hydrogen (secondary N) is 1. The largest absolute Gasteiger partial charge is 0.493 e. The summed E-state index contributed by atoms with van der Waals surface area (Å²) in [6.07, 6.45) is 2.88. The predicted octanol–water partition coefficient (Wildman–Crippen LogP) is 2.66. The van der Waals surface area contributed by atoms with Crippen LogP contribution >= 0.6 is 0 Å². The number of hydrogen-bond acceptors (Lipinski definition) is 6. The zero-order valence-corrected chi connectivity index (χ0v) is 17.8. The molecule has 3 aliphatic rings. The molecule has 2 aromatic rings. The van der Waals surface area contributed by atoms with Crippen molar-refractivity contribution < 1.29 is 24.1 Å².